The Bertz CT molecular complexity index is 2660. The van der Waals surface area contributed by atoms with Crippen molar-refractivity contribution >= 4 is 55.1 Å². The van der Waals surface area contributed by atoms with E-state index in [9.17, 15) is 0 Å². The second kappa shape index (κ2) is 9.97. The maximum Gasteiger partial charge on any atom is 0.0619 e. The Kier molecular flexibility index (Phi) is 5.58. The van der Waals surface area contributed by atoms with Gasteiger partial charge in [-0.15, -0.1) is 0 Å². The highest BCUT2D eigenvalue weighted by atomic mass is 32.2. The zero-order valence-electron chi connectivity index (χ0n) is 24.9. The highest BCUT2D eigenvalue weighted by Crippen LogP contribution is 2.49. The largest absolute Gasteiger partial charge is 0.309 e. The van der Waals surface area contributed by atoms with Crippen LogP contribution in [0.2, 0.25) is 0 Å². The molecule has 46 heavy (non-hydrogen) atoms. The molecular weight excluding hydrogens is 575 g/mol. The number of hydrogen-bond donors (Lipinski definition) is 0. The molecule has 1 aliphatic rings. The quantitative estimate of drug-likeness (QED) is 0.195. The fourth-order valence-electron chi connectivity index (χ4n) is 7.42. The number of fused-ring (bicyclic) bond motifs is 7. The summed E-state index contributed by atoms with van der Waals surface area (Å²) >= 11 is 1.88. The van der Waals surface area contributed by atoms with Crippen molar-refractivity contribution in [2.75, 3.05) is 0 Å². The van der Waals surface area contributed by atoms with Crippen molar-refractivity contribution in [3.8, 4) is 39.1 Å². The van der Waals surface area contributed by atoms with Gasteiger partial charge in [-0.25, -0.2) is 0 Å². The van der Waals surface area contributed by atoms with Crippen molar-refractivity contribution in [2.24, 2.45) is 0 Å². The van der Waals surface area contributed by atoms with E-state index in [1.165, 1.54) is 92.2 Å². The van der Waals surface area contributed by atoms with Gasteiger partial charge in [0, 0.05) is 37.0 Å². The second-order valence-electron chi connectivity index (χ2n) is 12.1. The number of para-hydroxylation sites is 1. The molecule has 0 N–H and O–H groups in total. The van der Waals surface area contributed by atoms with E-state index in [-0.39, 0.29) is 0 Å². The van der Waals surface area contributed by atoms with Gasteiger partial charge in [-0.1, -0.05) is 133 Å². The van der Waals surface area contributed by atoms with Gasteiger partial charge in [-0.3, -0.25) is 0 Å². The maximum absolute atomic E-state index is 2.43. The van der Waals surface area contributed by atoms with Gasteiger partial charge < -0.3 is 4.57 Å². The summed E-state index contributed by atoms with van der Waals surface area (Å²) in [5.41, 5.74) is 11.2. The molecule has 0 spiro atoms. The molecule has 0 atom stereocenters. The molecule has 0 saturated heterocycles. The van der Waals surface area contributed by atoms with Crippen molar-refractivity contribution in [2.45, 2.75) is 9.79 Å². The fraction of sp³-hybridized carbons (Fsp3) is 0. The average Bonchev–Trinajstić information content (AvgIpc) is 3.47. The number of hydrogen-bond acceptors (Lipinski definition) is 1. The monoisotopic (exact) mass is 601 g/mol. The first-order valence-corrected chi connectivity index (χ1v) is 16.6. The first-order valence-electron chi connectivity index (χ1n) is 15.8. The van der Waals surface area contributed by atoms with E-state index in [0.717, 1.165) is 0 Å². The molecule has 1 nitrogen and oxygen atoms in total. The van der Waals surface area contributed by atoms with Crippen LogP contribution in [-0.4, -0.2) is 4.57 Å². The Balaban J connectivity index is 1.06. The lowest BCUT2D eigenvalue weighted by atomic mass is 9.93. The summed E-state index contributed by atoms with van der Waals surface area (Å²) in [6.45, 7) is 0. The Labute approximate surface area is 271 Å². The Hall–Kier alpha value is -5.57. The third-order valence-electron chi connectivity index (χ3n) is 9.57. The molecule has 0 saturated carbocycles. The summed E-state index contributed by atoms with van der Waals surface area (Å²) in [5, 5.41) is 7.77. The summed E-state index contributed by atoms with van der Waals surface area (Å²) in [4.78, 5) is 2.66. The van der Waals surface area contributed by atoms with Gasteiger partial charge in [0.25, 0.3) is 0 Å². The van der Waals surface area contributed by atoms with Crippen LogP contribution in [-0.2, 0) is 0 Å². The molecule has 0 fully saturated rings. The van der Waals surface area contributed by atoms with Gasteiger partial charge in [0.15, 0.2) is 0 Å². The van der Waals surface area contributed by atoms with Crippen LogP contribution in [0.25, 0.3) is 82.4 Å². The molecule has 0 radical (unpaired) electrons. The lowest BCUT2D eigenvalue weighted by molar-refractivity contribution is 1.19. The first kappa shape index (κ1) is 25.7. The molecule has 2 heteroatoms. The molecule has 0 unspecified atom stereocenters. The van der Waals surface area contributed by atoms with Crippen LogP contribution >= 0.6 is 11.8 Å². The van der Waals surface area contributed by atoms with Crippen LogP contribution in [0.1, 0.15) is 0 Å². The molecule has 0 aliphatic carbocycles. The zero-order valence-corrected chi connectivity index (χ0v) is 25.8. The summed E-state index contributed by atoms with van der Waals surface area (Å²) in [6, 6.07) is 60.2. The van der Waals surface area contributed by atoms with E-state index in [1.54, 1.807) is 0 Å². The number of benzene rings is 8. The van der Waals surface area contributed by atoms with E-state index >= 15 is 0 Å². The molecule has 10 rings (SSSR count). The van der Waals surface area contributed by atoms with Crippen LogP contribution in [0, 0.1) is 0 Å². The number of aromatic nitrogens is 1. The van der Waals surface area contributed by atoms with E-state index in [0.29, 0.717) is 0 Å². The summed E-state index contributed by atoms with van der Waals surface area (Å²) in [6.07, 6.45) is 0. The predicted molar refractivity (Wildman–Crippen MR) is 196 cm³/mol. The van der Waals surface area contributed by atoms with E-state index in [2.05, 4.69) is 168 Å². The van der Waals surface area contributed by atoms with Crippen LogP contribution < -0.4 is 0 Å². The third kappa shape index (κ3) is 3.84. The predicted octanol–water partition coefficient (Wildman–Crippen LogP) is 12.6. The Morgan fingerprint density at radius 1 is 0.391 bits per heavy atom. The minimum atomic E-state index is 1.17. The molecule has 1 aliphatic heterocycles. The highest BCUT2D eigenvalue weighted by Gasteiger charge is 2.20. The molecule has 1 aromatic heterocycles. The minimum absolute atomic E-state index is 1.17. The van der Waals surface area contributed by atoms with Gasteiger partial charge in [-0.2, -0.15) is 0 Å². The van der Waals surface area contributed by atoms with Crippen LogP contribution in [0.4, 0.5) is 0 Å². The van der Waals surface area contributed by atoms with Gasteiger partial charge in [0.2, 0.25) is 0 Å². The highest BCUT2D eigenvalue weighted by molar-refractivity contribution is 7.99. The summed E-state index contributed by atoms with van der Waals surface area (Å²) in [7, 11) is 0. The van der Waals surface area contributed by atoms with E-state index in [4.69, 9.17) is 0 Å². The van der Waals surface area contributed by atoms with Crippen LogP contribution in [0.15, 0.2) is 174 Å². The molecule has 9 aromatic rings. The van der Waals surface area contributed by atoms with Crippen molar-refractivity contribution in [1.29, 1.82) is 0 Å². The van der Waals surface area contributed by atoms with Crippen molar-refractivity contribution < 1.29 is 0 Å². The average molecular weight is 602 g/mol. The molecular formula is C44H27NS. The molecule has 8 aromatic carbocycles. The lowest BCUT2D eigenvalue weighted by Gasteiger charge is -2.21. The minimum Gasteiger partial charge on any atom is -0.309 e. The topological polar surface area (TPSA) is 4.93 Å². The third-order valence-corrected chi connectivity index (χ3v) is 10.7. The number of rotatable bonds is 3. The fourth-order valence-corrected chi connectivity index (χ4v) is 8.55. The molecule has 0 amide bonds. The van der Waals surface area contributed by atoms with Crippen molar-refractivity contribution in [1.82, 2.24) is 4.57 Å². The normalized spacial score (nSPS) is 12.3. The standard InChI is InChI=1S/C44H27NS/c1-2-13-35-29(8-1)20-24-38-36-14-3-4-16-40(36)45(44(35)38)34-22-18-28(19-23-34)31-11-5-12-32(26-31)33-21-25-41-39(27-33)37-15-6-9-30-10-7-17-42(46-41)43(30)37/h1-27H. The van der Waals surface area contributed by atoms with Gasteiger partial charge in [0.1, 0.15) is 0 Å². The molecule has 0 bridgehead atoms. The Morgan fingerprint density at radius 2 is 1.09 bits per heavy atom. The maximum atomic E-state index is 2.43. The summed E-state index contributed by atoms with van der Waals surface area (Å²) in [5.74, 6) is 0. The van der Waals surface area contributed by atoms with Gasteiger partial charge >= 0.3 is 0 Å². The SMILES string of the molecule is c1cc(-c2ccc(-n3c4ccccc4c4ccc5ccccc5c43)cc2)cc(-c2ccc3c(c2)-c2cccc4cccc(c24)S3)c1. The number of nitrogens with zero attached hydrogens (tertiary/aromatic N) is 1. The smallest absolute Gasteiger partial charge is 0.0619 e. The van der Waals surface area contributed by atoms with Crippen molar-refractivity contribution in [3.63, 3.8) is 0 Å². The molecule has 214 valence electrons. The van der Waals surface area contributed by atoms with Crippen LogP contribution in [0.5, 0.6) is 0 Å². The summed E-state index contributed by atoms with van der Waals surface area (Å²) < 4.78 is 2.43. The van der Waals surface area contributed by atoms with Gasteiger partial charge in [0.05, 0.1) is 11.0 Å². The van der Waals surface area contributed by atoms with Gasteiger partial charge in [-0.05, 0) is 86.6 Å². The first-order chi connectivity index (χ1) is 22.8. The Morgan fingerprint density at radius 3 is 1.98 bits per heavy atom. The van der Waals surface area contributed by atoms with E-state index < -0.39 is 0 Å². The van der Waals surface area contributed by atoms with E-state index in [1.807, 2.05) is 11.8 Å². The lowest BCUT2D eigenvalue weighted by Crippen LogP contribution is -1.94. The van der Waals surface area contributed by atoms with Crippen LogP contribution in [0.3, 0.4) is 0 Å². The van der Waals surface area contributed by atoms with Crippen molar-refractivity contribution in [3.05, 3.63) is 164 Å². The second-order valence-corrected chi connectivity index (χ2v) is 13.2. The molecule has 2 heterocycles. The zero-order chi connectivity index (χ0) is 30.2.